The molecule has 3 N–H and O–H groups in total. The van der Waals surface area contributed by atoms with E-state index in [1.165, 1.54) is 17.4 Å². The third-order valence-corrected chi connectivity index (χ3v) is 9.73. The topological polar surface area (TPSA) is 137 Å². The van der Waals surface area contributed by atoms with E-state index >= 15 is 0 Å². The number of fused-ring (bicyclic) bond motifs is 1. The molecule has 1 atom stereocenters. The second-order valence-corrected chi connectivity index (χ2v) is 13.5. The maximum Gasteiger partial charge on any atom is 0.433 e. The Morgan fingerprint density at radius 3 is 2.55 bits per heavy atom. The number of amides is 3. The first-order chi connectivity index (χ1) is 22.3. The number of likely N-dealkylation sites (tertiary alicyclic amines) is 1. The highest BCUT2D eigenvalue weighted by Crippen LogP contribution is 2.39. The standard InChI is InChI=1S/C33H33F3N6O4S/c1-32(2,46)21-15-24-25(16-23(21)39-30(45)22-6-3-7-26(38-22)33(34,35)36)47-31(40-24)18-10-13-42(14-11-18)17-19-5-4-12-37-28(19)20-8-9-27(43)41-29(20)44/h3-7,12,15-16,18,20,46H,8-11,13-14,17H2,1-2H3,(H,39,45)(H,41,43,44). The van der Waals surface area contributed by atoms with Crippen LogP contribution in [0.3, 0.4) is 0 Å². The van der Waals surface area contributed by atoms with Crippen molar-refractivity contribution in [2.75, 3.05) is 18.4 Å². The Kier molecular flexibility index (Phi) is 8.85. The monoisotopic (exact) mass is 666 g/mol. The minimum absolute atomic E-state index is 0.185. The largest absolute Gasteiger partial charge is 0.433 e. The highest BCUT2D eigenvalue weighted by molar-refractivity contribution is 7.18. The summed E-state index contributed by atoms with van der Waals surface area (Å²) in [7, 11) is 0. The van der Waals surface area contributed by atoms with Crippen LogP contribution in [0.25, 0.3) is 10.2 Å². The van der Waals surface area contributed by atoms with E-state index in [2.05, 4.69) is 25.5 Å². The molecule has 0 saturated carbocycles. The fourth-order valence-corrected chi connectivity index (χ4v) is 7.27. The molecule has 4 aromatic rings. The lowest BCUT2D eigenvalue weighted by molar-refractivity contribution is -0.141. The summed E-state index contributed by atoms with van der Waals surface area (Å²) in [4.78, 5) is 52.3. The number of halogens is 3. The number of hydrogen-bond donors (Lipinski definition) is 3. The fraction of sp³-hybridized carbons (Fsp3) is 0.394. The van der Waals surface area contributed by atoms with Crippen LogP contribution in [-0.4, -0.2) is 55.8 Å². The lowest BCUT2D eigenvalue weighted by Gasteiger charge is -2.32. The van der Waals surface area contributed by atoms with Gasteiger partial charge in [0.25, 0.3) is 5.91 Å². The third kappa shape index (κ3) is 7.19. The van der Waals surface area contributed by atoms with Crippen molar-refractivity contribution in [1.82, 2.24) is 25.2 Å². The van der Waals surface area contributed by atoms with Gasteiger partial charge in [0.15, 0.2) is 0 Å². The van der Waals surface area contributed by atoms with Crippen LogP contribution in [0.15, 0.2) is 48.7 Å². The van der Waals surface area contributed by atoms with E-state index in [9.17, 15) is 32.7 Å². The maximum absolute atomic E-state index is 13.2. The van der Waals surface area contributed by atoms with Crippen molar-refractivity contribution in [3.05, 3.63) is 81.9 Å². The fourth-order valence-electron chi connectivity index (χ4n) is 6.11. The predicted molar refractivity (Wildman–Crippen MR) is 169 cm³/mol. The van der Waals surface area contributed by atoms with E-state index in [1.807, 2.05) is 12.1 Å². The van der Waals surface area contributed by atoms with Gasteiger partial charge in [-0.3, -0.25) is 29.6 Å². The average molecular weight is 667 g/mol. The molecule has 3 aromatic heterocycles. The molecule has 2 saturated heterocycles. The van der Waals surface area contributed by atoms with Crippen LogP contribution in [0, 0.1) is 0 Å². The molecule has 1 unspecified atom stereocenters. The number of imide groups is 1. The Hall–Kier alpha value is -4.27. The lowest BCUT2D eigenvalue weighted by Crippen LogP contribution is -2.40. The highest BCUT2D eigenvalue weighted by atomic mass is 32.1. The lowest BCUT2D eigenvalue weighted by atomic mass is 9.91. The first-order valence-corrected chi connectivity index (χ1v) is 16.1. The number of piperidine rings is 2. The molecule has 6 rings (SSSR count). The van der Waals surface area contributed by atoms with Crippen molar-refractivity contribution in [3.8, 4) is 0 Å². The number of thiazole rings is 1. The number of pyridine rings is 2. The molecule has 0 aliphatic carbocycles. The van der Waals surface area contributed by atoms with E-state index in [0.29, 0.717) is 29.7 Å². The van der Waals surface area contributed by atoms with Gasteiger partial charge in [-0.05, 0) is 82.1 Å². The summed E-state index contributed by atoms with van der Waals surface area (Å²) in [6.45, 7) is 5.34. The minimum Gasteiger partial charge on any atom is -0.386 e. The smallest absolute Gasteiger partial charge is 0.386 e. The van der Waals surface area contributed by atoms with Gasteiger partial charge in [0.1, 0.15) is 11.4 Å². The van der Waals surface area contributed by atoms with Crippen molar-refractivity contribution in [3.63, 3.8) is 0 Å². The van der Waals surface area contributed by atoms with Crippen LogP contribution in [0.5, 0.6) is 0 Å². The number of carbonyl (C=O) groups excluding carboxylic acids is 3. The normalized spacial score (nSPS) is 18.4. The summed E-state index contributed by atoms with van der Waals surface area (Å²) < 4.78 is 40.3. The predicted octanol–water partition coefficient (Wildman–Crippen LogP) is 5.48. The summed E-state index contributed by atoms with van der Waals surface area (Å²) in [6.07, 6.45) is -0.604. The van der Waals surface area contributed by atoms with E-state index < -0.39 is 35.0 Å². The van der Waals surface area contributed by atoms with Crippen LogP contribution in [0.4, 0.5) is 18.9 Å². The Morgan fingerprint density at radius 1 is 1.09 bits per heavy atom. The number of alkyl halides is 3. The Bertz CT molecular complexity index is 1850. The molecule has 0 bridgehead atoms. The Morgan fingerprint density at radius 2 is 1.85 bits per heavy atom. The number of carbonyl (C=O) groups is 3. The molecule has 10 nitrogen and oxygen atoms in total. The third-order valence-electron chi connectivity index (χ3n) is 8.55. The van der Waals surface area contributed by atoms with Crippen LogP contribution < -0.4 is 10.6 Å². The van der Waals surface area contributed by atoms with Gasteiger partial charge in [-0.2, -0.15) is 13.2 Å². The van der Waals surface area contributed by atoms with Gasteiger partial charge >= 0.3 is 6.18 Å². The highest BCUT2D eigenvalue weighted by Gasteiger charge is 2.34. The number of nitrogens with zero attached hydrogens (tertiary/aromatic N) is 4. The van der Waals surface area contributed by atoms with Crippen LogP contribution >= 0.6 is 11.3 Å². The number of anilines is 1. The van der Waals surface area contributed by atoms with Crippen molar-refractivity contribution in [2.45, 2.75) is 69.7 Å². The summed E-state index contributed by atoms with van der Waals surface area (Å²) in [6, 6.07) is 10.4. The number of aliphatic hydroxyl groups is 1. The van der Waals surface area contributed by atoms with E-state index in [0.717, 1.165) is 53.3 Å². The average Bonchev–Trinajstić information content (AvgIpc) is 3.44. The van der Waals surface area contributed by atoms with Crippen LogP contribution in [0.2, 0.25) is 0 Å². The number of benzene rings is 1. The molecule has 47 heavy (non-hydrogen) atoms. The van der Waals surface area contributed by atoms with E-state index in [1.54, 1.807) is 32.2 Å². The summed E-state index contributed by atoms with van der Waals surface area (Å²) in [5.41, 5.74) is 0.0264. The summed E-state index contributed by atoms with van der Waals surface area (Å²) in [5.74, 6) is -1.66. The molecule has 14 heteroatoms. The van der Waals surface area contributed by atoms with Gasteiger partial charge in [-0.15, -0.1) is 11.3 Å². The van der Waals surface area contributed by atoms with Crippen LogP contribution in [0.1, 0.15) is 89.4 Å². The van der Waals surface area contributed by atoms with Crippen molar-refractivity contribution < 1.29 is 32.7 Å². The zero-order chi connectivity index (χ0) is 33.5. The van der Waals surface area contributed by atoms with Gasteiger partial charge in [-0.1, -0.05) is 12.1 Å². The second-order valence-electron chi connectivity index (χ2n) is 12.4. The second kappa shape index (κ2) is 12.7. The van der Waals surface area contributed by atoms with Crippen LogP contribution in [-0.2, 0) is 27.9 Å². The Balaban J connectivity index is 1.17. The zero-order valence-corrected chi connectivity index (χ0v) is 26.5. The Labute approximate surface area is 272 Å². The number of aromatic nitrogens is 3. The first-order valence-electron chi connectivity index (χ1n) is 15.3. The maximum atomic E-state index is 13.2. The molecular formula is C33H33F3N6O4S. The minimum atomic E-state index is -4.69. The summed E-state index contributed by atoms with van der Waals surface area (Å²) >= 11 is 1.48. The molecular weight excluding hydrogens is 633 g/mol. The first kappa shape index (κ1) is 32.7. The van der Waals surface area contributed by atoms with Gasteiger partial charge in [-0.25, -0.2) is 9.97 Å². The van der Waals surface area contributed by atoms with Gasteiger partial charge in [0, 0.05) is 36.3 Å². The molecule has 2 fully saturated rings. The molecule has 0 radical (unpaired) electrons. The van der Waals surface area contributed by atoms with Gasteiger partial charge in [0.05, 0.1) is 32.4 Å². The van der Waals surface area contributed by atoms with Gasteiger partial charge in [0.2, 0.25) is 11.8 Å². The molecule has 2 aliphatic heterocycles. The molecule has 3 amide bonds. The van der Waals surface area contributed by atoms with E-state index in [-0.39, 0.29) is 29.8 Å². The molecule has 0 spiro atoms. The number of nitrogens with one attached hydrogen (secondary N) is 2. The zero-order valence-electron chi connectivity index (χ0n) is 25.7. The number of rotatable bonds is 7. The van der Waals surface area contributed by atoms with Gasteiger partial charge < -0.3 is 10.4 Å². The SMILES string of the molecule is CC(C)(O)c1cc2nc(C3CCN(Cc4cccnc4C4CCC(=O)NC4=O)CC3)sc2cc1NC(=O)c1cccc(C(F)(F)F)n1. The van der Waals surface area contributed by atoms with E-state index in [4.69, 9.17) is 4.98 Å². The quantitative estimate of drug-likeness (QED) is 0.221. The van der Waals surface area contributed by atoms with Crippen molar-refractivity contribution in [1.29, 1.82) is 0 Å². The van der Waals surface area contributed by atoms with Crippen molar-refractivity contribution >= 4 is 45.0 Å². The summed E-state index contributed by atoms with van der Waals surface area (Å²) in [5, 5.41) is 16.9. The van der Waals surface area contributed by atoms with Crippen molar-refractivity contribution in [2.24, 2.45) is 0 Å². The molecule has 246 valence electrons. The number of hydrogen-bond acceptors (Lipinski definition) is 9. The molecule has 2 aliphatic rings. The molecule has 1 aromatic carbocycles. The molecule has 5 heterocycles.